The first-order valence-corrected chi connectivity index (χ1v) is 5.93. The molecule has 0 aliphatic carbocycles. The Hall–Kier alpha value is -1.05. The van der Waals surface area contributed by atoms with Crippen LogP contribution in [-0.4, -0.2) is 18.1 Å². The summed E-state index contributed by atoms with van der Waals surface area (Å²) in [5.74, 6) is 2.76. The van der Waals surface area contributed by atoms with Crippen molar-refractivity contribution < 1.29 is 0 Å². The fourth-order valence-electron chi connectivity index (χ4n) is 2.30. The average Bonchev–Trinajstić information content (AvgIpc) is 2.30. The van der Waals surface area contributed by atoms with Crippen LogP contribution in [0.4, 0.5) is 5.82 Å². The maximum Gasteiger partial charge on any atom is 0.128 e. The molecule has 0 amide bonds. The van der Waals surface area contributed by atoms with E-state index in [2.05, 4.69) is 35.9 Å². The normalized spacial score (nSPS) is 22.1. The van der Waals surface area contributed by atoms with Gasteiger partial charge in [-0.15, -0.1) is 0 Å². The SMILES string of the molecule is CC(C)C1CCCN(c2ccccn2)C1. The summed E-state index contributed by atoms with van der Waals surface area (Å²) < 4.78 is 0. The number of pyridine rings is 1. The fourth-order valence-corrected chi connectivity index (χ4v) is 2.30. The number of rotatable bonds is 2. The Labute approximate surface area is 92.3 Å². The zero-order chi connectivity index (χ0) is 10.7. The van der Waals surface area contributed by atoms with E-state index in [0.29, 0.717) is 0 Å². The van der Waals surface area contributed by atoms with Crippen LogP contribution in [-0.2, 0) is 0 Å². The quantitative estimate of drug-likeness (QED) is 0.736. The van der Waals surface area contributed by atoms with Crippen LogP contribution in [0.1, 0.15) is 26.7 Å². The van der Waals surface area contributed by atoms with Crippen molar-refractivity contribution in [2.75, 3.05) is 18.0 Å². The molecule has 2 heterocycles. The molecule has 0 spiro atoms. The van der Waals surface area contributed by atoms with Crippen LogP contribution in [0.5, 0.6) is 0 Å². The molecule has 1 aromatic heterocycles. The Morgan fingerprint density at radius 3 is 2.93 bits per heavy atom. The monoisotopic (exact) mass is 204 g/mol. The highest BCUT2D eigenvalue weighted by Crippen LogP contribution is 2.26. The third-order valence-electron chi connectivity index (χ3n) is 3.37. The summed E-state index contributed by atoms with van der Waals surface area (Å²) in [6.07, 6.45) is 4.56. The van der Waals surface area contributed by atoms with Gasteiger partial charge in [0.2, 0.25) is 0 Å². The van der Waals surface area contributed by atoms with Gasteiger partial charge in [-0.3, -0.25) is 0 Å². The van der Waals surface area contributed by atoms with Crippen molar-refractivity contribution in [2.45, 2.75) is 26.7 Å². The van der Waals surface area contributed by atoms with E-state index in [-0.39, 0.29) is 0 Å². The minimum absolute atomic E-state index is 0.788. The van der Waals surface area contributed by atoms with E-state index in [1.54, 1.807) is 0 Å². The Bertz CT molecular complexity index is 295. The maximum absolute atomic E-state index is 4.42. The van der Waals surface area contributed by atoms with E-state index in [0.717, 1.165) is 17.7 Å². The molecule has 1 aliphatic heterocycles. The van der Waals surface area contributed by atoms with Crippen molar-refractivity contribution in [2.24, 2.45) is 11.8 Å². The Kier molecular flexibility index (Phi) is 3.24. The van der Waals surface area contributed by atoms with Crippen molar-refractivity contribution in [3.63, 3.8) is 0 Å². The van der Waals surface area contributed by atoms with Gasteiger partial charge in [0.15, 0.2) is 0 Å². The largest absolute Gasteiger partial charge is 0.356 e. The zero-order valence-corrected chi connectivity index (χ0v) is 9.69. The highest BCUT2D eigenvalue weighted by Gasteiger charge is 2.22. The third kappa shape index (κ3) is 2.49. The van der Waals surface area contributed by atoms with Crippen molar-refractivity contribution in [1.82, 2.24) is 4.98 Å². The lowest BCUT2D eigenvalue weighted by molar-refractivity contribution is 0.321. The second-order valence-electron chi connectivity index (χ2n) is 4.78. The van der Waals surface area contributed by atoms with Crippen molar-refractivity contribution in [3.05, 3.63) is 24.4 Å². The molecule has 1 saturated heterocycles. The number of hydrogen-bond donors (Lipinski definition) is 0. The Balaban J connectivity index is 2.05. The van der Waals surface area contributed by atoms with Gasteiger partial charge in [-0.2, -0.15) is 0 Å². The molecule has 2 heteroatoms. The topological polar surface area (TPSA) is 16.1 Å². The number of piperidine rings is 1. The zero-order valence-electron chi connectivity index (χ0n) is 9.69. The fraction of sp³-hybridized carbons (Fsp3) is 0.615. The molecule has 0 aromatic carbocycles. The minimum atomic E-state index is 0.788. The van der Waals surface area contributed by atoms with Gasteiger partial charge in [-0.1, -0.05) is 19.9 Å². The summed E-state index contributed by atoms with van der Waals surface area (Å²) in [6, 6.07) is 6.16. The van der Waals surface area contributed by atoms with Gasteiger partial charge in [0.05, 0.1) is 0 Å². The van der Waals surface area contributed by atoms with Crippen molar-refractivity contribution in [1.29, 1.82) is 0 Å². The molecule has 1 aliphatic rings. The van der Waals surface area contributed by atoms with Crippen molar-refractivity contribution in [3.8, 4) is 0 Å². The predicted octanol–water partition coefficient (Wildman–Crippen LogP) is 2.95. The molecule has 82 valence electrons. The molecular weight excluding hydrogens is 184 g/mol. The van der Waals surface area contributed by atoms with Crippen LogP contribution in [0.2, 0.25) is 0 Å². The van der Waals surface area contributed by atoms with Crippen LogP contribution >= 0.6 is 0 Å². The second-order valence-corrected chi connectivity index (χ2v) is 4.78. The highest BCUT2D eigenvalue weighted by atomic mass is 15.2. The molecule has 1 aromatic rings. The predicted molar refractivity (Wildman–Crippen MR) is 64.0 cm³/mol. The number of anilines is 1. The van der Waals surface area contributed by atoms with E-state index in [1.165, 1.54) is 25.9 Å². The van der Waals surface area contributed by atoms with E-state index in [4.69, 9.17) is 0 Å². The average molecular weight is 204 g/mol. The summed E-state index contributed by atoms with van der Waals surface area (Å²) in [4.78, 5) is 6.85. The van der Waals surface area contributed by atoms with Crippen LogP contribution < -0.4 is 4.90 Å². The molecule has 1 fully saturated rings. The summed E-state index contributed by atoms with van der Waals surface area (Å²) in [7, 11) is 0. The molecule has 2 nitrogen and oxygen atoms in total. The highest BCUT2D eigenvalue weighted by molar-refractivity contribution is 5.38. The lowest BCUT2D eigenvalue weighted by Gasteiger charge is -2.35. The molecule has 0 saturated carbocycles. The Morgan fingerprint density at radius 1 is 1.40 bits per heavy atom. The molecule has 2 rings (SSSR count). The minimum Gasteiger partial charge on any atom is -0.356 e. The van der Waals surface area contributed by atoms with Gasteiger partial charge in [-0.05, 0) is 36.8 Å². The van der Waals surface area contributed by atoms with Gasteiger partial charge >= 0.3 is 0 Å². The molecule has 0 radical (unpaired) electrons. The standard InChI is InChI=1S/C13H20N2/c1-11(2)12-6-5-9-15(10-12)13-7-3-4-8-14-13/h3-4,7-8,11-12H,5-6,9-10H2,1-2H3. The first-order chi connectivity index (χ1) is 7.27. The summed E-state index contributed by atoms with van der Waals surface area (Å²) in [6.45, 7) is 6.99. The first kappa shape index (κ1) is 10.5. The lowest BCUT2D eigenvalue weighted by Crippen LogP contribution is -2.37. The van der Waals surface area contributed by atoms with Gasteiger partial charge in [-0.25, -0.2) is 4.98 Å². The van der Waals surface area contributed by atoms with Gasteiger partial charge in [0.25, 0.3) is 0 Å². The van der Waals surface area contributed by atoms with Gasteiger partial charge in [0.1, 0.15) is 5.82 Å². The lowest BCUT2D eigenvalue weighted by atomic mass is 9.88. The third-order valence-corrected chi connectivity index (χ3v) is 3.37. The number of aromatic nitrogens is 1. The van der Waals surface area contributed by atoms with E-state index >= 15 is 0 Å². The van der Waals surface area contributed by atoms with E-state index in [1.807, 2.05) is 12.3 Å². The van der Waals surface area contributed by atoms with Crippen LogP contribution in [0.25, 0.3) is 0 Å². The van der Waals surface area contributed by atoms with Crippen LogP contribution in [0.3, 0.4) is 0 Å². The Morgan fingerprint density at radius 2 is 2.27 bits per heavy atom. The molecule has 0 bridgehead atoms. The first-order valence-electron chi connectivity index (χ1n) is 5.93. The van der Waals surface area contributed by atoms with E-state index in [9.17, 15) is 0 Å². The summed E-state index contributed by atoms with van der Waals surface area (Å²) in [5.41, 5.74) is 0. The van der Waals surface area contributed by atoms with Crippen LogP contribution in [0, 0.1) is 11.8 Å². The molecule has 1 unspecified atom stereocenters. The van der Waals surface area contributed by atoms with E-state index < -0.39 is 0 Å². The second kappa shape index (κ2) is 4.65. The van der Waals surface area contributed by atoms with Crippen molar-refractivity contribution >= 4 is 5.82 Å². The molecule has 0 N–H and O–H groups in total. The van der Waals surface area contributed by atoms with Crippen LogP contribution in [0.15, 0.2) is 24.4 Å². The molecule has 15 heavy (non-hydrogen) atoms. The van der Waals surface area contributed by atoms with Gasteiger partial charge in [0, 0.05) is 19.3 Å². The molecular formula is C13H20N2. The smallest absolute Gasteiger partial charge is 0.128 e. The number of nitrogens with zero attached hydrogens (tertiary/aromatic N) is 2. The molecule has 1 atom stereocenters. The van der Waals surface area contributed by atoms with Gasteiger partial charge < -0.3 is 4.90 Å². The summed E-state index contributed by atoms with van der Waals surface area (Å²) in [5, 5.41) is 0. The number of hydrogen-bond acceptors (Lipinski definition) is 2. The summed E-state index contributed by atoms with van der Waals surface area (Å²) >= 11 is 0. The maximum atomic E-state index is 4.42.